The van der Waals surface area contributed by atoms with Crippen LogP contribution in [0.2, 0.25) is 0 Å². The third kappa shape index (κ3) is 4.83. The fourth-order valence-electron chi connectivity index (χ4n) is 4.40. The number of rotatable bonds is 7. The van der Waals surface area contributed by atoms with Crippen molar-refractivity contribution in [2.75, 3.05) is 38.3 Å². The lowest BCUT2D eigenvalue weighted by Gasteiger charge is -2.26. The molecule has 2 atom stereocenters. The smallest absolute Gasteiger partial charge is 0.236 e. The van der Waals surface area contributed by atoms with Crippen LogP contribution in [0.5, 0.6) is 11.5 Å². The van der Waals surface area contributed by atoms with Gasteiger partial charge in [0.2, 0.25) is 5.91 Å². The van der Waals surface area contributed by atoms with Gasteiger partial charge in [0.05, 0.1) is 18.7 Å². The number of nitrogens with zero attached hydrogens (tertiary/aromatic N) is 2. The number of methoxy groups -OCH3 is 1. The van der Waals surface area contributed by atoms with E-state index in [1.165, 1.54) is 36.3 Å². The molecule has 0 spiro atoms. The Morgan fingerprint density at radius 3 is 2.52 bits per heavy atom. The van der Waals surface area contributed by atoms with Crippen LogP contribution < -0.4 is 14.4 Å². The molecule has 31 heavy (non-hydrogen) atoms. The third-order valence-electron chi connectivity index (χ3n) is 6.09. The molecule has 2 aliphatic heterocycles. The summed E-state index contributed by atoms with van der Waals surface area (Å²) in [4.78, 5) is 16.9. The van der Waals surface area contributed by atoms with Crippen molar-refractivity contribution in [3.63, 3.8) is 0 Å². The fraction of sp³-hybridized carbons (Fsp3) is 0.458. The Morgan fingerprint density at radius 1 is 1.06 bits per heavy atom. The van der Waals surface area contributed by atoms with Gasteiger partial charge in [-0.3, -0.25) is 14.6 Å². The van der Waals surface area contributed by atoms with E-state index in [9.17, 15) is 14.3 Å². The van der Waals surface area contributed by atoms with Gasteiger partial charge in [-0.2, -0.15) is 0 Å². The molecule has 6 nitrogen and oxygen atoms in total. The Bertz CT molecular complexity index is 899. The molecule has 2 saturated heterocycles. The van der Waals surface area contributed by atoms with E-state index < -0.39 is 12.1 Å². The van der Waals surface area contributed by atoms with Crippen LogP contribution in [0.15, 0.2) is 42.5 Å². The first-order valence-electron chi connectivity index (χ1n) is 10.9. The lowest BCUT2D eigenvalue weighted by molar-refractivity contribution is -0.118. The summed E-state index contributed by atoms with van der Waals surface area (Å²) in [5.74, 6) is 0.0404. The molecule has 2 aromatic carbocycles. The molecule has 0 aliphatic carbocycles. The van der Waals surface area contributed by atoms with E-state index in [0.717, 1.165) is 19.6 Å². The van der Waals surface area contributed by atoms with Gasteiger partial charge in [-0.25, -0.2) is 4.39 Å². The van der Waals surface area contributed by atoms with Crippen molar-refractivity contribution in [1.82, 2.24) is 4.90 Å². The second kappa shape index (κ2) is 9.66. The highest BCUT2D eigenvalue weighted by molar-refractivity contribution is 6.01. The van der Waals surface area contributed by atoms with E-state index in [4.69, 9.17) is 9.47 Å². The second-order valence-corrected chi connectivity index (χ2v) is 8.11. The number of hydrogen-bond acceptors (Lipinski definition) is 5. The van der Waals surface area contributed by atoms with Crippen LogP contribution in [0, 0.1) is 5.82 Å². The van der Waals surface area contributed by atoms with Crippen molar-refractivity contribution < 1.29 is 23.8 Å². The molecule has 1 N–H and O–H groups in total. The zero-order valence-corrected chi connectivity index (χ0v) is 17.8. The predicted octanol–water partition coefficient (Wildman–Crippen LogP) is 3.54. The molecule has 2 aliphatic rings. The maximum Gasteiger partial charge on any atom is 0.236 e. The van der Waals surface area contributed by atoms with Crippen LogP contribution in [0.25, 0.3) is 0 Å². The van der Waals surface area contributed by atoms with Crippen molar-refractivity contribution in [2.24, 2.45) is 0 Å². The molecule has 2 heterocycles. The van der Waals surface area contributed by atoms with Gasteiger partial charge < -0.3 is 14.6 Å². The molecule has 7 heteroatoms. The average molecular weight is 429 g/mol. The van der Waals surface area contributed by atoms with Crippen LogP contribution in [-0.2, 0) is 4.79 Å². The molecule has 0 aromatic heterocycles. The highest BCUT2D eigenvalue weighted by Gasteiger charge is 2.40. The molecule has 0 bridgehead atoms. The number of anilines is 1. The van der Waals surface area contributed by atoms with Gasteiger partial charge in [-0.05, 0) is 55.8 Å². The number of carbonyl (C=O) groups is 1. The maximum absolute atomic E-state index is 13.3. The van der Waals surface area contributed by atoms with E-state index in [-0.39, 0.29) is 18.1 Å². The summed E-state index contributed by atoms with van der Waals surface area (Å²) in [5, 5.41) is 10.6. The van der Waals surface area contributed by atoms with Crippen LogP contribution >= 0.6 is 0 Å². The molecule has 0 saturated carbocycles. The molecular weight excluding hydrogens is 399 g/mol. The molecule has 2 unspecified atom stereocenters. The molecule has 4 rings (SSSR count). The topological polar surface area (TPSA) is 62.2 Å². The Morgan fingerprint density at radius 2 is 1.81 bits per heavy atom. The molecular formula is C24H29FN2O4. The van der Waals surface area contributed by atoms with Gasteiger partial charge in [0, 0.05) is 19.0 Å². The Kier molecular flexibility index (Phi) is 6.73. The van der Waals surface area contributed by atoms with E-state index >= 15 is 0 Å². The summed E-state index contributed by atoms with van der Waals surface area (Å²) in [5.41, 5.74) is 1.25. The maximum atomic E-state index is 13.3. The number of halogens is 1. The highest BCUT2D eigenvalue weighted by atomic mass is 19.1. The largest absolute Gasteiger partial charge is 0.493 e. The number of benzene rings is 2. The fourth-order valence-corrected chi connectivity index (χ4v) is 4.40. The number of aliphatic hydroxyl groups excluding tert-OH is 1. The van der Waals surface area contributed by atoms with Gasteiger partial charge in [0.25, 0.3) is 0 Å². The van der Waals surface area contributed by atoms with Gasteiger partial charge in [-0.1, -0.05) is 18.6 Å². The number of likely N-dealkylation sites (tertiary alicyclic amines) is 1. The molecule has 166 valence electrons. The van der Waals surface area contributed by atoms with E-state index in [2.05, 4.69) is 4.90 Å². The van der Waals surface area contributed by atoms with Gasteiger partial charge in [0.15, 0.2) is 11.5 Å². The highest BCUT2D eigenvalue weighted by Crippen LogP contribution is 2.39. The number of carbonyl (C=O) groups excluding carboxylic acids is 1. The predicted molar refractivity (Wildman–Crippen MR) is 116 cm³/mol. The van der Waals surface area contributed by atoms with Crippen LogP contribution in [-0.4, -0.2) is 55.5 Å². The zero-order chi connectivity index (χ0) is 21.8. The monoisotopic (exact) mass is 428 g/mol. The average Bonchev–Trinajstić information content (AvgIpc) is 3.09. The molecule has 2 aromatic rings. The summed E-state index contributed by atoms with van der Waals surface area (Å²) in [6.07, 6.45) is 3.03. The molecule has 2 fully saturated rings. The Balaban J connectivity index is 1.48. The van der Waals surface area contributed by atoms with Crippen LogP contribution in [0.4, 0.5) is 10.1 Å². The van der Waals surface area contributed by atoms with Gasteiger partial charge in [0.1, 0.15) is 18.7 Å². The van der Waals surface area contributed by atoms with Gasteiger partial charge >= 0.3 is 0 Å². The number of ether oxygens (including phenoxy) is 2. The Labute approximate surface area is 182 Å². The van der Waals surface area contributed by atoms with Crippen molar-refractivity contribution in [3.05, 3.63) is 53.8 Å². The van der Waals surface area contributed by atoms with Crippen LogP contribution in [0.1, 0.15) is 37.2 Å². The lowest BCUT2D eigenvalue weighted by atomic mass is 9.97. The van der Waals surface area contributed by atoms with Crippen molar-refractivity contribution in [1.29, 1.82) is 0 Å². The first-order valence-corrected chi connectivity index (χ1v) is 10.9. The summed E-state index contributed by atoms with van der Waals surface area (Å²) in [6.45, 7) is 3.55. The molecule has 1 amide bonds. The third-order valence-corrected chi connectivity index (χ3v) is 6.09. The van der Waals surface area contributed by atoms with E-state index in [1.54, 1.807) is 37.4 Å². The lowest BCUT2D eigenvalue weighted by Crippen LogP contribution is -2.34. The summed E-state index contributed by atoms with van der Waals surface area (Å²) in [6, 6.07) is 11.1. The van der Waals surface area contributed by atoms with E-state index in [0.29, 0.717) is 29.4 Å². The number of aliphatic hydroxyl groups is 1. The Hall–Kier alpha value is -2.64. The van der Waals surface area contributed by atoms with Crippen molar-refractivity contribution in [2.45, 2.75) is 37.8 Å². The minimum absolute atomic E-state index is 0.219. The minimum Gasteiger partial charge on any atom is -0.493 e. The first-order chi connectivity index (χ1) is 15.1. The first kappa shape index (κ1) is 21.6. The normalized spacial score (nSPS) is 22.0. The minimum atomic E-state index is -0.961. The number of amides is 1. The summed E-state index contributed by atoms with van der Waals surface area (Å²) >= 11 is 0. The van der Waals surface area contributed by atoms with Gasteiger partial charge in [-0.15, -0.1) is 0 Å². The van der Waals surface area contributed by atoms with E-state index in [1.807, 2.05) is 0 Å². The standard InChI is InChI=1S/C24H29FN2O4/c1-30-21-10-9-19(15-22(21)31-14-13-26-11-3-2-4-12-26)27-23(28)16-20(24(27)29)17-5-7-18(25)8-6-17/h5-10,15,20,23,28H,2-4,11-14,16H2,1H3. The summed E-state index contributed by atoms with van der Waals surface area (Å²) < 4.78 is 24.7. The second-order valence-electron chi connectivity index (χ2n) is 8.11. The van der Waals surface area contributed by atoms with Crippen molar-refractivity contribution >= 4 is 11.6 Å². The number of piperidine rings is 1. The number of hydrogen-bond donors (Lipinski definition) is 1. The SMILES string of the molecule is COc1ccc(N2C(=O)C(c3ccc(F)cc3)CC2O)cc1OCCN1CCCCC1. The molecule has 0 radical (unpaired) electrons. The summed E-state index contributed by atoms with van der Waals surface area (Å²) in [7, 11) is 1.58. The zero-order valence-electron chi connectivity index (χ0n) is 17.8. The van der Waals surface area contributed by atoms with Crippen LogP contribution in [0.3, 0.4) is 0 Å². The van der Waals surface area contributed by atoms with Crippen molar-refractivity contribution in [3.8, 4) is 11.5 Å². The quantitative estimate of drug-likeness (QED) is 0.731.